The molecule has 2 heterocycles. The number of carbonyl (C=O) groups excluding carboxylic acids is 1. The van der Waals surface area contributed by atoms with Gasteiger partial charge in [0.15, 0.2) is 0 Å². The molecule has 0 radical (unpaired) electrons. The fourth-order valence-corrected chi connectivity index (χ4v) is 3.18. The third-order valence-corrected chi connectivity index (χ3v) is 4.57. The Labute approximate surface area is 167 Å². The Morgan fingerprint density at radius 3 is 2.59 bits per heavy atom. The van der Waals surface area contributed by atoms with Crippen LogP contribution in [-0.4, -0.2) is 42.8 Å². The molecule has 27 heavy (non-hydrogen) atoms. The van der Waals surface area contributed by atoms with Crippen molar-refractivity contribution in [1.82, 2.24) is 4.98 Å². The predicted octanol–water partition coefficient (Wildman–Crippen LogP) is 4.10. The summed E-state index contributed by atoms with van der Waals surface area (Å²) in [7, 11) is 1.66. The molecule has 1 aliphatic rings. The minimum atomic E-state index is -3.79. The quantitative estimate of drug-likeness (QED) is 0.655. The molecule has 10 heteroatoms. The Hall–Kier alpha value is -1.97. The van der Waals surface area contributed by atoms with Crippen molar-refractivity contribution in [2.24, 2.45) is 0 Å². The van der Waals surface area contributed by atoms with E-state index >= 15 is 0 Å². The average molecular weight is 463 g/mol. The highest BCUT2D eigenvalue weighted by molar-refractivity contribution is 9.10. The number of nitrogens with one attached hydrogen (secondary N) is 1. The number of hydrogen-bond donors (Lipinski definition) is 1. The Morgan fingerprint density at radius 2 is 2.04 bits per heavy atom. The monoisotopic (exact) mass is 461 g/mol. The number of ether oxygens (including phenoxy) is 2. The van der Waals surface area contributed by atoms with Crippen LogP contribution < -0.4 is 15.0 Å². The van der Waals surface area contributed by atoms with E-state index in [1.807, 2.05) is 4.90 Å². The first-order valence-electron chi connectivity index (χ1n) is 7.85. The molecule has 1 N–H and O–H groups in total. The summed E-state index contributed by atoms with van der Waals surface area (Å²) in [5.41, 5.74) is -3.03. The lowest BCUT2D eigenvalue weighted by Gasteiger charge is -2.39. The number of benzene rings is 1. The van der Waals surface area contributed by atoms with Gasteiger partial charge in [0.25, 0.3) is 5.91 Å². The second kappa shape index (κ2) is 7.95. The molecule has 0 bridgehead atoms. The van der Waals surface area contributed by atoms with Crippen LogP contribution in [-0.2, 0) is 4.74 Å². The molecule has 0 aliphatic carbocycles. The number of halogens is 4. The maximum Gasteiger partial charge on any atom is 0.487 e. The molecule has 6 nitrogen and oxygen atoms in total. The summed E-state index contributed by atoms with van der Waals surface area (Å²) in [4.78, 5) is 18.7. The number of carbonyl (C=O) groups is 1. The fraction of sp³-hybridized carbons (Fsp3) is 0.294. The minimum Gasteiger partial charge on any atom is -0.420 e. The highest BCUT2D eigenvalue weighted by Crippen LogP contribution is 2.29. The van der Waals surface area contributed by atoms with Crippen LogP contribution in [0.1, 0.15) is 10.4 Å². The Bertz CT molecular complexity index is 827. The number of hydrogen-bond acceptors (Lipinski definition) is 5. The summed E-state index contributed by atoms with van der Waals surface area (Å²) < 4.78 is 35.3. The van der Waals surface area contributed by atoms with E-state index in [0.717, 1.165) is 18.9 Å². The Morgan fingerprint density at radius 1 is 1.37 bits per heavy atom. The third kappa shape index (κ3) is 5.06. The van der Waals surface area contributed by atoms with Crippen LogP contribution in [0.25, 0.3) is 0 Å². The molecule has 1 fully saturated rings. The molecule has 0 saturated carbocycles. The van der Waals surface area contributed by atoms with E-state index in [1.165, 1.54) is 30.5 Å². The summed E-state index contributed by atoms with van der Waals surface area (Å²) in [6, 6.07) is 7.08. The molecule has 1 amide bonds. The van der Waals surface area contributed by atoms with E-state index in [4.69, 9.17) is 16.3 Å². The number of aromatic nitrogens is 1. The number of nitrogens with zero attached hydrogens (tertiary/aromatic N) is 2. The lowest BCUT2D eigenvalue weighted by molar-refractivity contribution is -0.0964. The van der Waals surface area contributed by atoms with Gasteiger partial charge in [-0.1, -0.05) is 0 Å². The van der Waals surface area contributed by atoms with Crippen molar-refractivity contribution < 1.29 is 23.0 Å². The van der Waals surface area contributed by atoms with Crippen molar-refractivity contribution in [3.8, 4) is 5.75 Å². The molecule has 1 aromatic heterocycles. The highest BCUT2D eigenvalue weighted by atomic mass is 79.9. The van der Waals surface area contributed by atoms with Crippen molar-refractivity contribution in [3.63, 3.8) is 0 Å². The molecule has 1 aromatic carbocycles. The van der Waals surface area contributed by atoms with Gasteiger partial charge in [-0.2, -0.15) is 0 Å². The van der Waals surface area contributed by atoms with Crippen LogP contribution >= 0.6 is 27.5 Å². The van der Waals surface area contributed by atoms with Crippen LogP contribution in [0.3, 0.4) is 0 Å². The Kier molecular flexibility index (Phi) is 5.83. The van der Waals surface area contributed by atoms with Gasteiger partial charge < -0.3 is 19.7 Å². The van der Waals surface area contributed by atoms with Gasteiger partial charge >= 0.3 is 5.57 Å². The molecule has 144 valence electrons. The fourth-order valence-electron chi connectivity index (χ4n) is 2.49. The van der Waals surface area contributed by atoms with Gasteiger partial charge in [0, 0.05) is 43.7 Å². The van der Waals surface area contributed by atoms with E-state index in [0.29, 0.717) is 15.7 Å². The number of pyridine rings is 1. The summed E-state index contributed by atoms with van der Waals surface area (Å²) >= 11 is 8.14. The third-order valence-electron chi connectivity index (χ3n) is 3.91. The molecule has 1 saturated heterocycles. The smallest absolute Gasteiger partial charge is 0.420 e. The second-order valence-electron chi connectivity index (χ2n) is 5.82. The van der Waals surface area contributed by atoms with Crippen molar-refractivity contribution in [2.75, 3.05) is 30.4 Å². The molecule has 3 rings (SSSR count). The van der Waals surface area contributed by atoms with Gasteiger partial charge in [-0.15, -0.1) is 8.78 Å². The molecule has 0 spiro atoms. The van der Waals surface area contributed by atoms with Gasteiger partial charge in [-0.25, -0.2) is 4.98 Å². The van der Waals surface area contributed by atoms with Gasteiger partial charge in [-0.05, 0) is 46.3 Å². The zero-order valence-electron chi connectivity index (χ0n) is 14.1. The average Bonchev–Trinajstić information content (AvgIpc) is 2.55. The zero-order valence-corrected chi connectivity index (χ0v) is 16.4. The van der Waals surface area contributed by atoms with Crippen LogP contribution in [0.5, 0.6) is 5.75 Å². The maximum atomic E-state index is 12.6. The van der Waals surface area contributed by atoms with Crippen LogP contribution in [0, 0.1) is 0 Å². The predicted molar refractivity (Wildman–Crippen MR) is 101 cm³/mol. The minimum absolute atomic E-state index is 0.120. The van der Waals surface area contributed by atoms with E-state index < -0.39 is 5.57 Å². The molecule has 2 aromatic rings. The number of rotatable bonds is 6. The second-order valence-corrected chi connectivity index (χ2v) is 7.11. The number of anilines is 2. The summed E-state index contributed by atoms with van der Waals surface area (Å²) in [5.74, 6) is 0.235. The van der Waals surface area contributed by atoms with E-state index in [9.17, 15) is 13.6 Å². The van der Waals surface area contributed by atoms with Crippen molar-refractivity contribution >= 4 is 44.9 Å². The first-order chi connectivity index (χ1) is 12.7. The van der Waals surface area contributed by atoms with E-state index in [1.54, 1.807) is 13.2 Å². The molecule has 0 unspecified atom stereocenters. The Balaban J connectivity index is 1.63. The molecule has 1 aliphatic heterocycles. The van der Waals surface area contributed by atoms with E-state index in [-0.39, 0.29) is 17.8 Å². The van der Waals surface area contributed by atoms with Crippen LogP contribution in [0.2, 0.25) is 0 Å². The summed E-state index contributed by atoms with van der Waals surface area (Å²) in [5, 5.41) is 2.66. The maximum absolute atomic E-state index is 12.6. The van der Waals surface area contributed by atoms with Crippen LogP contribution in [0.4, 0.5) is 20.3 Å². The summed E-state index contributed by atoms with van der Waals surface area (Å²) in [6.45, 7) is 1.48. The number of methoxy groups -OCH3 is 1. The first-order valence-corrected chi connectivity index (χ1v) is 9.02. The molecular formula is C17H15BrClF2N3O3. The SMILES string of the molecule is COC1CN(c2ncc(C(=O)Nc3ccc(OC(F)(F)Cl)cc3)cc2Br)C1. The molecular weight excluding hydrogens is 448 g/mol. The van der Waals surface area contributed by atoms with Crippen molar-refractivity contribution in [1.29, 1.82) is 0 Å². The standard InChI is InChI=1S/C17H15BrClF2N3O3/c1-26-13-8-24(9-13)15-14(18)6-10(7-22-15)16(25)23-11-2-4-12(5-3-11)27-17(19,20)21/h2-7,13H,8-9H2,1H3,(H,23,25). The first kappa shape index (κ1) is 19.8. The van der Waals surface area contributed by atoms with E-state index in [2.05, 4.69) is 31.0 Å². The van der Waals surface area contributed by atoms with Gasteiger partial charge in [0.05, 0.1) is 16.1 Å². The van der Waals surface area contributed by atoms with Crippen molar-refractivity contribution in [3.05, 3.63) is 46.6 Å². The zero-order chi connectivity index (χ0) is 19.6. The lowest BCUT2D eigenvalue weighted by atomic mass is 10.1. The highest BCUT2D eigenvalue weighted by Gasteiger charge is 2.29. The lowest BCUT2D eigenvalue weighted by Crippen LogP contribution is -2.52. The van der Waals surface area contributed by atoms with Gasteiger partial charge in [0.2, 0.25) is 0 Å². The van der Waals surface area contributed by atoms with Crippen molar-refractivity contribution in [2.45, 2.75) is 11.7 Å². The van der Waals surface area contributed by atoms with Gasteiger partial charge in [0.1, 0.15) is 11.6 Å². The largest absolute Gasteiger partial charge is 0.487 e. The number of amides is 1. The molecule has 0 atom stereocenters. The summed E-state index contributed by atoms with van der Waals surface area (Å²) in [6.07, 6.45) is 1.66. The number of alkyl halides is 3. The van der Waals surface area contributed by atoms with Crippen LogP contribution in [0.15, 0.2) is 41.0 Å². The van der Waals surface area contributed by atoms with Gasteiger partial charge in [-0.3, -0.25) is 4.79 Å². The topological polar surface area (TPSA) is 63.7 Å². The normalized spacial score (nSPS) is 14.6.